The van der Waals surface area contributed by atoms with E-state index in [9.17, 15) is 34.8 Å². The van der Waals surface area contributed by atoms with Crippen molar-refractivity contribution in [1.29, 1.82) is 0 Å². The van der Waals surface area contributed by atoms with Crippen LogP contribution in [0.2, 0.25) is 0 Å². The molecule has 7 nitrogen and oxygen atoms in total. The number of aryl methyl sites for hydroxylation is 1. The Morgan fingerprint density at radius 3 is 2.20 bits per heavy atom. The Hall–Kier alpha value is -3.45. The summed E-state index contributed by atoms with van der Waals surface area (Å²) in [6, 6.07) is 2.01. The predicted octanol–water partition coefficient (Wildman–Crippen LogP) is 7.71. The van der Waals surface area contributed by atoms with Crippen LogP contribution in [-0.4, -0.2) is 43.4 Å². The van der Waals surface area contributed by atoms with Gasteiger partial charge in [0.15, 0.2) is 17.2 Å². The van der Waals surface area contributed by atoms with Crippen molar-refractivity contribution in [2.45, 2.75) is 113 Å². The van der Waals surface area contributed by atoms with Gasteiger partial charge in [-0.15, -0.1) is 0 Å². The summed E-state index contributed by atoms with van der Waals surface area (Å²) in [6.07, 6.45) is 6.93. The lowest BCUT2D eigenvalue weighted by Gasteiger charge is -2.59. The lowest BCUT2D eigenvalue weighted by atomic mass is 9.44. The third kappa shape index (κ3) is 4.67. The molecule has 4 aliphatic carbocycles. The van der Waals surface area contributed by atoms with E-state index in [1.807, 2.05) is 40.7 Å². The zero-order chi connectivity index (χ0) is 34.5. The Kier molecular flexibility index (Phi) is 7.96. The molecule has 0 fully saturated rings. The molecule has 1 unspecified atom stereocenters. The third-order valence-electron chi connectivity index (χ3n) is 11.3. The molecule has 0 aliphatic heterocycles. The number of allylic oxidation sites excluding steroid dienone is 6. The molecule has 4 aliphatic rings. The highest BCUT2D eigenvalue weighted by molar-refractivity contribution is 6.25. The van der Waals surface area contributed by atoms with E-state index < -0.39 is 51.0 Å². The lowest BCUT2D eigenvalue weighted by molar-refractivity contribution is -0.171. The van der Waals surface area contributed by atoms with Crippen LogP contribution in [-0.2, 0) is 22.4 Å². The molecule has 0 bridgehead atoms. The summed E-state index contributed by atoms with van der Waals surface area (Å²) in [5.74, 6) is -4.86. The molecule has 0 saturated carbocycles. The minimum absolute atomic E-state index is 0.0318. The van der Waals surface area contributed by atoms with Crippen LogP contribution in [0.25, 0.3) is 0 Å². The number of carbonyl (C=O) groups is 3. The van der Waals surface area contributed by atoms with E-state index >= 15 is 0 Å². The summed E-state index contributed by atoms with van der Waals surface area (Å²) < 4.78 is 0. The van der Waals surface area contributed by atoms with Gasteiger partial charge in [0.05, 0.1) is 5.56 Å². The Labute approximate surface area is 272 Å². The number of aliphatic hydroxyl groups is 3. The number of aromatic hydroxyl groups is 1. The first-order valence-electron chi connectivity index (χ1n) is 16.6. The number of carbonyl (C=O) groups excluding carboxylic acids is 3. The SMILES string of the molecule is CC(=O)C1=C(O)C(C(C)C)[C@@]2(C)C[C@@]3(C)Cc4c(C(C)C)cc(CCC5=CC(C(C)(C)C)=CC5)c(O)c4C(=O)C3=C(O)[C@@]2(O)C1=O. The fraction of sp³-hybridized carbons (Fsp3) is 0.564. The maximum atomic E-state index is 14.6. The zero-order valence-electron chi connectivity index (χ0n) is 29.0. The monoisotopic (exact) mass is 630 g/mol. The zero-order valence-corrected chi connectivity index (χ0v) is 29.0. The van der Waals surface area contributed by atoms with Gasteiger partial charge in [0.25, 0.3) is 0 Å². The van der Waals surface area contributed by atoms with Gasteiger partial charge in [-0.1, -0.05) is 86.1 Å². The molecule has 0 radical (unpaired) electrons. The summed E-state index contributed by atoms with van der Waals surface area (Å²) in [5.41, 5.74) is -0.747. The summed E-state index contributed by atoms with van der Waals surface area (Å²) in [5, 5.41) is 47.4. The molecule has 4 N–H and O–H groups in total. The van der Waals surface area contributed by atoms with Crippen LogP contribution >= 0.6 is 0 Å². The molecule has 248 valence electrons. The average Bonchev–Trinajstić information content (AvgIpc) is 3.39. The third-order valence-corrected chi connectivity index (χ3v) is 11.3. The number of rotatable bonds is 6. The first-order chi connectivity index (χ1) is 21.1. The van der Waals surface area contributed by atoms with Crippen molar-refractivity contribution in [3.63, 3.8) is 0 Å². The Balaban J connectivity index is 1.67. The summed E-state index contributed by atoms with van der Waals surface area (Å²) in [7, 11) is 0. The Morgan fingerprint density at radius 2 is 1.67 bits per heavy atom. The minimum atomic E-state index is -2.61. The number of phenols is 1. The first kappa shape index (κ1) is 33.9. The number of phenolic OH excluding ortho intramolecular Hbond substituents is 1. The van der Waals surface area contributed by atoms with E-state index in [-0.39, 0.29) is 52.7 Å². The van der Waals surface area contributed by atoms with E-state index in [0.717, 1.165) is 18.9 Å². The smallest absolute Gasteiger partial charge is 0.209 e. The molecular weight excluding hydrogens is 580 g/mol. The molecule has 1 aromatic rings. The molecule has 0 heterocycles. The van der Waals surface area contributed by atoms with Crippen molar-refractivity contribution in [2.75, 3.05) is 0 Å². The molecule has 0 saturated heterocycles. The summed E-state index contributed by atoms with van der Waals surface area (Å²) in [4.78, 5) is 41.2. The van der Waals surface area contributed by atoms with Crippen LogP contribution in [0, 0.1) is 28.1 Å². The Bertz CT molecular complexity index is 1690. The topological polar surface area (TPSA) is 132 Å². The maximum absolute atomic E-state index is 14.6. The number of hydrogen-bond acceptors (Lipinski definition) is 7. The highest BCUT2D eigenvalue weighted by atomic mass is 16.3. The van der Waals surface area contributed by atoms with Gasteiger partial charge in [-0.3, -0.25) is 14.4 Å². The van der Waals surface area contributed by atoms with Crippen molar-refractivity contribution in [3.05, 3.63) is 74.3 Å². The number of aliphatic hydroxyl groups excluding tert-OH is 2. The van der Waals surface area contributed by atoms with Crippen molar-refractivity contribution >= 4 is 17.3 Å². The van der Waals surface area contributed by atoms with Gasteiger partial charge >= 0.3 is 0 Å². The molecule has 0 aromatic heterocycles. The fourth-order valence-electron chi connectivity index (χ4n) is 9.16. The summed E-state index contributed by atoms with van der Waals surface area (Å²) >= 11 is 0. The highest BCUT2D eigenvalue weighted by Gasteiger charge is 2.71. The van der Waals surface area contributed by atoms with Crippen molar-refractivity contribution in [1.82, 2.24) is 0 Å². The van der Waals surface area contributed by atoms with Crippen molar-refractivity contribution < 1.29 is 34.8 Å². The predicted molar refractivity (Wildman–Crippen MR) is 178 cm³/mol. The van der Waals surface area contributed by atoms with E-state index in [4.69, 9.17) is 0 Å². The van der Waals surface area contributed by atoms with Gasteiger partial charge in [0.2, 0.25) is 5.78 Å². The molecule has 5 rings (SSSR count). The van der Waals surface area contributed by atoms with Gasteiger partial charge in [-0.2, -0.15) is 0 Å². The molecule has 0 spiro atoms. The minimum Gasteiger partial charge on any atom is -0.511 e. The van der Waals surface area contributed by atoms with Crippen LogP contribution in [0.3, 0.4) is 0 Å². The molecule has 4 atom stereocenters. The molecular formula is C39H50O7. The number of Topliss-reactive ketones (excluding diaryl/α,β-unsaturated/α-hetero) is 3. The molecule has 0 amide bonds. The number of ketones is 3. The van der Waals surface area contributed by atoms with Crippen LogP contribution in [0.1, 0.15) is 121 Å². The Morgan fingerprint density at radius 1 is 1.04 bits per heavy atom. The number of hydrogen-bond donors (Lipinski definition) is 4. The van der Waals surface area contributed by atoms with Crippen LogP contribution in [0.4, 0.5) is 0 Å². The molecule has 46 heavy (non-hydrogen) atoms. The second-order valence-electron chi connectivity index (χ2n) is 16.4. The van der Waals surface area contributed by atoms with Gasteiger partial charge in [0.1, 0.15) is 22.8 Å². The van der Waals surface area contributed by atoms with Gasteiger partial charge in [-0.25, -0.2) is 0 Å². The normalized spacial score (nSPS) is 29.6. The fourth-order valence-corrected chi connectivity index (χ4v) is 9.16. The largest absolute Gasteiger partial charge is 0.511 e. The van der Waals surface area contributed by atoms with Gasteiger partial charge in [-0.05, 0) is 78.5 Å². The lowest BCUT2D eigenvalue weighted by Crippen LogP contribution is -2.67. The molecule has 1 aromatic carbocycles. The second kappa shape index (κ2) is 10.8. The highest BCUT2D eigenvalue weighted by Crippen LogP contribution is 2.65. The van der Waals surface area contributed by atoms with E-state index in [1.165, 1.54) is 11.1 Å². The van der Waals surface area contributed by atoms with E-state index in [1.54, 1.807) is 6.92 Å². The van der Waals surface area contributed by atoms with Gasteiger partial charge in [0, 0.05) is 22.3 Å². The maximum Gasteiger partial charge on any atom is 0.209 e. The standard InChI is InChI=1S/C39H50O7/c1-19(2)25-16-23(13-11-22-12-14-24(15-22)36(6,7)8)31(41)28-26(25)17-37(9)18-38(10)29(20(3)4)32(42)27(21(5)40)34(44)39(38,46)35(45)30(37)33(28)43/h14-16,19-20,29,41-42,45-46H,11-13,17-18H2,1-10H3/t29?,37-,38-,39+/m1/s1. The molecule has 7 heteroatoms. The summed E-state index contributed by atoms with van der Waals surface area (Å²) in [6.45, 7) is 18.9. The van der Waals surface area contributed by atoms with E-state index in [0.29, 0.717) is 24.0 Å². The van der Waals surface area contributed by atoms with E-state index in [2.05, 4.69) is 32.9 Å². The van der Waals surface area contributed by atoms with Crippen LogP contribution in [0.15, 0.2) is 52.0 Å². The first-order valence-corrected chi connectivity index (χ1v) is 16.6. The van der Waals surface area contributed by atoms with Crippen LogP contribution < -0.4 is 0 Å². The van der Waals surface area contributed by atoms with Gasteiger partial charge < -0.3 is 20.4 Å². The number of benzene rings is 1. The van der Waals surface area contributed by atoms with Crippen molar-refractivity contribution in [2.24, 2.45) is 28.1 Å². The quantitative estimate of drug-likeness (QED) is 0.237. The van der Waals surface area contributed by atoms with Crippen LogP contribution in [0.5, 0.6) is 5.75 Å². The number of fused-ring (bicyclic) bond motifs is 3. The second-order valence-corrected chi connectivity index (χ2v) is 16.4. The average molecular weight is 631 g/mol. The van der Waals surface area contributed by atoms with Crippen molar-refractivity contribution in [3.8, 4) is 5.75 Å².